The summed E-state index contributed by atoms with van der Waals surface area (Å²) in [4.78, 5) is 21.2. The van der Waals surface area contributed by atoms with Crippen molar-refractivity contribution in [3.05, 3.63) is 77.7 Å². The van der Waals surface area contributed by atoms with Crippen molar-refractivity contribution in [3.8, 4) is 0 Å². The maximum atomic E-state index is 13.5. The molecule has 0 saturated carbocycles. The van der Waals surface area contributed by atoms with Crippen LogP contribution < -0.4 is 9.62 Å². The van der Waals surface area contributed by atoms with Crippen LogP contribution in [-0.2, 0) is 21.8 Å². The Bertz CT molecular complexity index is 1540. The molecule has 38 heavy (non-hydrogen) atoms. The molecule has 1 amide bonds. The number of sulfonamides is 1. The van der Waals surface area contributed by atoms with E-state index in [4.69, 9.17) is 16.3 Å². The summed E-state index contributed by atoms with van der Waals surface area (Å²) < 4.78 is 35.6. The van der Waals surface area contributed by atoms with E-state index in [1.54, 1.807) is 48.0 Å². The Morgan fingerprint density at radius 3 is 2.42 bits per heavy atom. The predicted molar refractivity (Wildman–Crippen MR) is 153 cm³/mol. The van der Waals surface area contributed by atoms with Gasteiger partial charge in [0.2, 0.25) is 5.95 Å². The molecule has 2 aromatic carbocycles. The van der Waals surface area contributed by atoms with Crippen LogP contribution in [-0.4, -0.2) is 50.3 Å². The fourth-order valence-electron chi connectivity index (χ4n) is 3.75. The lowest BCUT2D eigenvalue weighted by Crippen LogP contribution is -2.35. The van der Waals surface area contributed by atoms with E-state index in [-0.39, 0.29) is 23.5 Å². The molecular formula is C26H30ClN5O4SSi. The van der Waals surface area contributed by atoms with Crippen molar-refractivity contribution in [1.29, 1.82) is 0 Å². The van der Waals surface area contributed by atoms with Gasteiger partial charge >= 0.3 is 0 Å². The molecule has 0 saturated heterocycles. The van der Waals surface area contributed by atoms with Gasteiger partial charge in [-0.3, -0.25) is 4.79 Å². The Morgan fingerprint density at radius 1 is 1.08 bits per heavy atom. The van der Waals surface area contributed by atoms with Crippen LogP contribution in [0, 0.1) is 0 Å². The SMILES string of the molecule is Cn1c(C(=O)Nc2ccc(S(=O)(=O)N(COCC[Si](C)(C)C)c3ncccn3)cc2)cc2cc(Cl)ccc21. The highest BCUT2D eigenvalue weighted by atomic mass is 35.5. The summed E-state index contributed by atoms with van der Waals surface area (Å²) in [5, 5.41) is 4.26. The van der Waals surface area contributed by atoms with E-state index in [2.05, 4.69) is 34.9 Å². The number of hydrogen-bond acceptors (Lipinski definition) is 6. The number of rotatable bonds is 10. The second kappa shape index (κ2) is 11.2. The van der Waals surface area contributed by atoms with Crippen LogP contribution in [0.5, 0.6) is 0 Å². The van der Waals surface area contributed by atoms with Crippen LogP contribution in [0.2, 0.25) is 30.7 Å². The maximum absolute atomic E-state index is 13.5. The third kappa shape index (κ3) is 6.41. The van der Waals surface area contributed by atoms with Crippen LogP contribution in [0.1, 0.15) is 10.5 Å². The molecule has 9 nitrogen and oxygen atoms in total. The molecule has 12 heteroatoms. The lowest BCUT2D eigenvalue weighted by atomic mass is 10.2. The fourth-order valence-corrected chi connectivity index (χ4v) is 5.95. The fraction of sp³-hybridized carbons (Fsp3) is 0.269. The summed E-state index contributed by atoms with van der Waals surface area (Å²) in [6, 6.07) is 15.6. The first-order valence-electron chi connectivity index (χ1n) is 12.0. The number of fused-ring (bicyclic) bond motifs is 1. The van der Waals surface area contributed by atoms with Gasteiger partial charge in [-0.05, 0) is 60.6 Å². The molecule has 4 rings (SSSR count). The van der Waals surface area contributed by atoms with E-state index >= 15 is 0 Å². The largest absolute Gasteiger partial charge is 0.360 e. The molecule has 0 fully saturated rings. The monoisotopic (exact) mass is 571 g/mol. The van der Waals surface area contributed by atoms with Crippen molar-refractivity contribution in [1.82, 2.24) is 14.5 Å². The van der Waals surface area contributed by atoms with E-state index < -0.39 is 18.1 Å². The van der Waals surface area contributed by atoms with Crippen LogP contribution in [0.25, 0.3) is 10.9 Å². The number of amides is 1. The average Bonchev–Trinajstić information content (AvgIpc) is 3.19. The van der Waals surface area contributed by atoms with Gasteiger partial charge in [-0.15, -0.1) is 0 Å². The van der Waals surface area contributed by atoms with Crippen molar-refractivity contribution < 1.29 is 17.9 Å². The average molecular weight is 572 g/mol. The number of carbonyl (C=O) groups excluding carboxylic acids is 1. The molecule has 4 aromatic rings. The van der Waals surface area contributed by atoms with Crippen molar-refractivity contribution in [3.63, 3.8) is 0 Å². The van der Waals surface area contributed by atoms with Crippen LogP contribution in [0.3, 0.4) is 0 Å². The molecule has 0 bridgehead atoms. The van der Waals surface area contributed by atoms with E-state index in [9.17, 15) is 13.2 Å². The molecular weight excluding hydrogens is 542 g/mol. The highest BCUT2D eigenvalue weighted by Crippen LogP contribution is 2.25. The highest BCUT2D eigenvalue weighted by molar-refractivity contribution is 7.92. The topological polar surface area (TPSA) is 106 Å². The van der Waals surface area contributed by atoms with Crippen molar-refractivity contribution in [2.75, 3.05) is 23.0 Å². The van der Waals surface area contributed by atoms with Gasteiger partial charge in [0.05, 0.1) is 4.90 Å². The quantitative estimate of drug-likeness (QED) is 0.155. The molecule has 2 heterocycles. The number of benzene rings is 2. The molecule has 0 aliphatic carbocycles. The number of aromatic nitrogens is 3. The summed E-state index contributed by atoms with van der Waals surface area (Å²) in [7, 11) is -3.58. The van der Waals surface area contributed by atoms with E-state index in [0.29, 0.717) is 23.0 Å². The second-order valence-electron chi connectivity index (χ2n) is 10.0. The lowest BCUT2D eigenvalue weighted by molar-refractivity contribution is 0.101. The van der Waals surface area contributed by atoms with Gasteiger partial charge in [-0.25, -0.2) is 22.7 Å². The van der Waals surface area contributed by atoms with Crippen LogP contribution >= 0.6 is 11.6 Å². The summed E-state index contributed by atoms with van der Waals surface area (Å²) in [5.41, 5.74) is 1.77. The van der Waals surface area contributed by atoms with Gasteiger partial charge in [0, 0.05) is 55.7 Å². The number of carbonyl (C=O) groups is 1. The Labute approximate surface area is 228 Å². The van der Waals surface area contributed by atoms with Gasteiger partial charge in [-0.1, -0.05) is 31.2 Å². The van der Waals surface area contributed by atoms with Gasteiger partial charge in [-0.2, -0.15) is 0 Å². The minimum atomic E-state index is -4.03. The van der Waals surface area contributed by atoms with Crippen molar-refractivity contribution in [2.24, 2.45) is 7.05 Å². The summed E-state index contributed by atoms with van der Waals surface area (Å²) >= 11 is 6.08. The molecule has 200 valence electrons. The standard InChI is InChI=1S/C26H30ClN5O4SSi/c1-31-23-11-6-20(27)16-19(23)17-24(31)25(33)30-21-7-9-22(10-8-21)37(34,35)32(26-28-12-5-13-29-26)18-36-14-15-38(2,3)4/h5-13,16-17H,14-15,18H2,1-4H3,(H,30,33). The molecule has 0 aliphatic heterocycles. The van der Waals surface area contributed by atoms with Crippen LogP contribution in [0.15, 0.2) is 71.9 Å². The Hall–Kier alpha value is -3.25. The Kier molecular flexibility index (Phi) is 8.21. The highest BCUT2D eigenvalue weighted by Gasteiger charge is 2.27. The van der Waals surface area contributed by atoms with Crippen LogP contribution in [0.4, 0.5) is 11.6 Å². The van der Waals surface area contributed by atoms with E-state index in [0.717, 1.165) is 21.3 Å². The third-order valence-electron chi connectivity index (χ3n) is 5.92. The van der Waals surface area contributed by atoms with Crippen molar-refractivity contribution >= 4 is 58.1 Å². The molecule has 0 radical (unpaired) electrons. The summed E-state index contributed by atoms with van der Waals surface area (Å²) in [6.45, 7) is 6.91. The first kappa shape index (κ1) is 27.8. The van der Waals surface area contributed by atoms with Crippen molar-refractivity contribution in [2.45, 2.75) is 30.6 Å². The minimum Gasteiger partial charge on any atom is -0.360 e. The van der Waals surface area contributed by atoms with E-state index in [1.165, 1.54) is 24.5 Å². The number of nitrogens with zero attached hydrogens (tertiary/aromatic N) is 4. The molecule has 0 spiro atoms. The zero-order valence-electron chi connectivity index (χ0n) is 21.7. The first-order valence-corrected chi connectivity index (χ1v) is 17.5. The van der Waals surface area contributed by atoms with Gasteiger partial charge in [0.25, 0.3) is 15.9 Å². The van der Waals surface area contributed by atoms with Gasteiger partial charge in [0.1, 0.15) is 12.4 Å². The zero-order chi connectivity index (χ0) is 27.5. The molecule has 0 atom stereocenters. The maximum Gasteiger partial charge on any atom is 0.272 e. The second-order valence-corrected chi connectivity index (χ2v) is 17.9. The zero-order valence-corrected chi connectivity index (χ0v) is 24.3. The Morgan fingerprint density at radius 2 is 1.76 bits per heavy atom. The third-order valence-corrected chi connectivity index (χ3v) is 9.57. The minimum absolute atomic E-state index is 0.0220. The molecule has 1 N–H and O–H groups in total. The molecule has 2 aromatic heterocycles. The number of hydrogen-bond donors (Lipinski definition) is 1. The lowest BCUT2D eigenvalue weighted by Gasteiger charge is -2.23. The first-order chi connectivity index (χ1) is 18.0. The normalized spacial score (nSPS) is 12.0. The molecule has 0 unspecified atom stereocenters. The molecule has 0 aliphatic rings. The van der Waals surface area contributed by atoms with E-state index in [1.807, 2.05) is 6.07 Å². The number of nitrogens with one attached hydrogen (secondary N) is 1. The number of halogens is 1. The van der Waals surface area contributed by atoms with Gasteiger partial charge < -0.3 is 14.6 Å². The number of ether oxygens (including phenoxy) is 1. The number of aryl methyl sites for hydroxylation is 1. The Balaban J connectivity index is 1.52. The van der Waals surface area contributed by atoms with Gasteiger partial charge in [0.15, 0.2) is 0 Å². The predicted octanol–water partition coefficient (Wildman–Crippen LogP) is 5.38. The number of anilines is 2. The summed E-state index contributed by atoms with van der Waals surface area (Å²) in [6.07, 6.45) is 2.96. The summed E-state index contributed by atoms with van der Waals surface area (Å²) in [5.74, 6) is -0.306. The smallest absolute Gasteiger partial charge is 0.272 e.